The highest BCUT2D eigenvalue weighted by Crippen LogP contribution is 2.34. The fourth-order valence-corrected chi connectivity index (χ4v) is 2.63. The van der Waals surface area contributed by atoms with Crippen LogP contribution in [-0.4, -0.2) is 32.9 Å². The highest BCUT2D eigenvalue weighted by atomic mass is 28.4. The van der Waals surface area contributed by atoms with Crippen LogP contribution in [0.2, 0.25) is 19.6 Å². The minimum atomic E-state index is -1.71. The molecular formula is C12H23NO4Si. The van der Waals surface area contributed by atoms with Crippen molar-refractivity contribution in [3.05, 3.63) is 0 Å². The van der Waals surface area contributed by atoms with Crippen molar-refractivity contribution in [1.29, 1.82) is 0 Å². The fourth-order valence-electron chi connectivity index (χ4n) is 1.63. The number of nitrogens with zero attached hydrogens (tertiary/aromatic N) is 1. The van der Waals surface area contributed by atoms with Gasteiger partial charge in [0.1, 0.15) is 0 Å². The minimum absolute atomic E-state index is 0.288. The number of rotatable bonds is 4. The van der Waals surface area contributed by atoms with Crippen LogP contribution in [0.4, 0.5) is 0 Å². The Balaban J connectivity index is 2.76. The molecule has 0 saturated carbocycles. The number of carbonyl (C=O) groups is 1. The van der Waals surface area contributed by atoms with Gasteiger partial charge in [0.15, 0.2) is 14.0 Å². The molecule has 6 heteroatoms. The molecule has 0 fully saturated rings. The first-order chi connectivity index (χ1) is 8.15. The number of ether oxygens (including phenoxy) is 1. The Kier molecular flexibility index (Phi) is 4.55. The van der Waals surface area contributed by atoms with Gasteiger partial charge in [-0.25, -0.2) is 4.79 Å². The van der Waals surface area contributed by atoms with Gasteiger partial charge in [-0.1, -0.05) is 19.0 Å². The van der Waals surface area contributed by atoms with E-state index in [4.69, 9.17) is 14.0 Å². The molecule has 0 spiro atoms. The zero-order chi connectivity index (χ0) is 14.0. The summed E-state index contributed by atoms with van der Waals surface area (Å²) in [7, 11) is -1.71. The van der Waals surface area contributed by atoms with Gasteiger partial charge in [0, 0.05) is 11.8 Å². The third-order valence-corrected chi connectivity index (χ3v) is 3.41. The molecule has 18 heavy (non-hydrogen) atoms. The standard InChI is InChI=1S/C12H23NO4Si/c1-7-15-10(14)9-8-12(2,3)11(16-13-9)17-18(4,5)6/h11H,7-8H2,1-6H3. The molecule has 1 aliphatic rings. The molecule has 0 N–H and O–H groups in total. The van der Waals surface area contributed by atoms with E-state index in [0.29, 0.717) is 18.7 Å². The molecule has 104 valence electrons. The molecule has 1 rings (SSSR count). The van der Waals surface area contributed by atoms with Crippen LogP contribution in [0.25, 0.3) is 0 Å². The molecule has 5 nitrogen and oxygen atoms in total. The monoisotopic (exact) mass is 273 g/mol. The molecule has 0 saturated heterocycles. The normalized spacial score (nSPS) is 23.0. The van der Waals surface area contributed by atoms with Crippen LogP contribution in [0.15, 0.2) is 5.16 Å². The molecule has 1 atom stereocenters. The summed E-state index contributed by atoms with van der Waals surface area (Å²) in [6.45, 7) is 12.4. The van der Waals surface area contributed by atoms with Gasteiger partial charge in [-0.05, 0) is 26.6 Å². The van der Waals surface area contributed by atoms with Crippen LogP contribution >= 0.6 is 0 Å². The second-order valence-corrected chi connectivity index (χ2v) is 10.6. The van der Waals surface area contributed by atoms with Crippen LogP contribution in [0.1, 0.15) is 27.2 Å². The first-order valence-corrected chi connectivity index (χ1v) is 9.64. The first-order valence-electron chi connectivity index (χ1n) is 6.23. The molecule has 0 aromatic rings. The number of esters is 1. The second-order valence-electron chi connectivity index (χ2n) is 6.09. The Bertz CT molecular complexity index is 346. The maximum atomic E-state index is 11.6. The Hall–Kier alpha value is -0.883. The summed E-state index contributed by atoms with van der Waals surface area (Å²) in [4.78, 5) is 17.0. The van der Waals surface area contributed by atoms with Gasteiger partial charge in [0.05, 0.1) is 6.61 Å². The molecule has 0 bridgehead atoms. The molecule has 1 heterocycles. The number of hydrogen-bond donors (Lipinski definition) is 0. The van der Waals surface area contributed by atoms with Crippen molar-refractivity contribution in [3.63, 3.8) is 0 Å². The van der Waals surface area contributed by atoms with E-state index in [9.17, 15) is 4.79 Å². The first kappa shape index (κ1) is 15.2. The van der Waals surface area contributed by atoms with E-state index in [1.165, 1.54) is 0 Å². The van der Waals surface area contributed by atoms with E-state index in [0.717, 1.165) is 0 Å². The molecular weight excluding hydrogens is 250 g/mol. The van der Waals surface area contributed by atoms with Crippen LogP contribution in [-0.2, 0) is 18.8 Å². The molecule has 1 aliphatic heterocycles. The molecule has 0 aromatic carbocycles. The van der Waals surface area contributed by atoms with Crippen LogP contribution in [0, 0.1) is 5.41 Å². The predicted octanol–water partition coefficient (Wildman–Crippen LogP) is 2.53. The smallest absolute Gasteiger partial charge is 0.356 e. The number of oxime groups is 1. The van der Waals surface area contributed by atoms with Gasteiger partial charge < -0.3 is 14.0 Å². The van der Waals surface area contributed by atoms with Gasteiger partial charge >= 0.3 is 5.97 Å². The Morgan fingerprint density at radius 1 is 1.50 bits per heavy atom. The van der Waals surface area contributed by atoms with Crippen LogP contribution in [0.5, 0.6) is 0 Å². The SMILES string of the molecule is CCOC(=O)C1=NOC(O[Si](C)(C)C)C(C)(C)C1. The highest BCUT2D eigenvalue weighted by Gasteiger charge is 2.41. The van der Waals surface area contributed by atoms with Crippen molar-refractivity contribution in [2.24, 2.45) is 10.6 Å². The van der Waals surface area contributed by atoms with E-state index in [-0.39, 0.29) is 5.41 Å². The van der Waals surface area contributed by atoms with Crippen LogP contribution < -0.4 is 0 Å². The van der Waals surface area contributed by atoms with E-state index >= 15 is 0 Å². The zero-order valence-electron chi connectivity index (χ0n) is 12.1. The Labute approximate surface area is 110 Å². The second kappa shape index (κ2) is 5.40. The lowest BCUT2D eigenvalue weighted by Crippen LogP contribution is -2.46. The molecule has 1 unspecified atom stereocenters. The van der Waals surface area contributed by atoms with Gasteiger partial charge in [0.25, 0.3) is 0 Å². The summed E-state index contributed by atoms with van der Waals surface area (Å²) in [5, 5.41) is 3.85. The van der Waals surface area contributed by atoms with Gasteiger partial charge in [-0.2, -0.15) is 0 Å². The third-order valence-electron chi connectivity index (χ3n) is 2.49. The summed E-state index contributed by atoms with van der Waals surface area (Å²) in [5.41, 5.74) is 0.0432. The summed E-state index contributed by atoms with van der Waals surface area (Å²) < 4.78 is 10.9. The van der Waals surface area contributed by atoms with Crippen molar-refractivity contribution in [2.75, 3.05) is 6.61 Å². The molecule has 0 radical (unpaired) electrons. The summed E-state index contributed by atoms with van der Waals surface area (Å²) in [6.07, 6.45) is 0.100. The summed E-state index contributed by atoms with van der Waals surface area (Å²) in [6, 6.07) is 0. The summed E-state index contributed by atoms with van der Waals surface area (Å²) >= 11 is 0. The summed E-state index contributed by atoms with van der Waals surface area (Å²) in [5.74, 6) is -0.406. The lowest BCUT2D eigenvalue weighted by molar-refractivity contribution is -0.162. The van der Waals surface area contributed by atoms with Gasteiger partial charge in [-0.3, -0.25) is 0 Å². The topological polar surface area (TPSA) is 57.1 Å². The van der Waals surface area contributed by atoms with Crippen LogP contribution in [0.3, 0.4) is 0 Å². The van der Waals surface area contributed by atoms with Gasteiger partial charge in [-0.15, -0.1) is 0 Å². The van der Waals surface area contributed by atoms with E-state index in [1.54, 1.807) is 6.92 Å². The maximum absolute atomic E-state index is 11.6. The fraction of sp³-hybridized carbons (Fsp3) is 0.833. The van der Waals surface area contributed by atoms with Crippen molar-refractivity contribution >= 4 is 20.0 Å². The lowest BCUT2D eigenvalue weighted by Gasteiger charge is -2.38. The third kappa shape index (κ3) is 4.10. The van der Waals surface area contributed by atoms with E-state index in [2.05, 4.69) is 24.8 Å². The van der Waals surface area contributed by atoms with E-state index < -0.39 is 20.6 Å². The molecule has 0 amide bonds. The Morgan fingerprint density at radius 2 is 2.11 bits per heavy atom. The predicted molar refractivity (Wildman–Crippen MR) is 71.8 cm³/mol. The molecule has 0 aliphatic carbocycles. The minimum Gasteiger partial charge on any atom is -0.461 e. The maximum Gasteiger partial charge on any atom is 0.356 e. The molecule has 0 aromatic heterocycles. The van der Waals surface area contributed by atoms with E-state index in [1.807, 2.05) is 13.8 Å². The van der Waals surface area contributed by atoms with Gasteiger partial charge in [0.2, 0.25) is 6.29 Å². The average molecular weight is 273 g/mol. The largest absolute Gasteiger partial charge is 0.461 e. The van der Waals surface area contributed by atoms with Crippen molar-refractivity contribution in [1.82, 2.24) is 0 Å². The van der Waals surface area contributed by atoms with Crippen molar-refractivity contribution in [2.45, 2.75) is 53.1 Å². The van der Waals surface area contributed by atoms with Crippen molar-refractivity contribution in [3.8, 4) is 0 Å². The number of carbonyl (C=O) groups excluding carboxylic acids is 1. The highest BCUT2D eigenvalue weighted by molar-refractivity contribution is 6.69. The average Bonchev–Trinajstić information content (AvgIpc) is 2.19. The quantitative estimate of drug-likeness (QED) is 0.583. The zero-order valence-corrected chi connectivity index (χ0v) is 13.1. The Morgan fingerprint density at radius 3 is 2.56 bits per heavy atom. The van der Waals surface area contributed by atoms with Crippen molar-refractivity contribution < 1.29 is 18.8 Å². The number of hydrogen-bond acceptors (Lipinski definition) is 5. The lowest BCUT2D eigenvalue weighted by atomic mass is 9.85.